The average molecular weight is 275 g/mol. The fraction of sp³-hybridized carbons (Fsp3) is 1.00. The summed E-state index contributed by atoms with van der Waals surface area (Å²) in [4.78, 5) is 2.24. The molecule has 2 unspecified atom stereocenters. The number of nitrogens with one attached hydrogen (secondary N) is 1. The number of piperazine rings is 1. The van der Waals surface area contributed by atoms with E-state index in [-0.39, 0.29) is 5.75 Å². The first kappa shape index (κ1) is 14.2. The second-order valence-electron chi connectivity index (χ2n) is 5.72. The normalized spacial score (nSPS) is 31.7. The summed E-state index contributed by atoms with van der Waals surface area (Å²) < 4.78 is 26.2. The van der Waals surface area contributed by atoms with Crippen LogP contribution in [0.4, 0.5) is 0 Å². The first-order valence-electron chi connectivity index (χ1n) is 6.83. The summed E-state index contributed by atoms with van der Waals surface area (Å²) in [5, 5.41) is 3.27. The first-order chi connectivity index (χ1) is 8.40. The van der Waals surface area contributed by atoms with Gasteiger partial charge in [0.2, 0.25) is 10.0 Å². The van der Waals surface area contributed by atoms with E-state index in [1.54, 1.807) is 4.31 Å². The molecule has 1 N–H and O–H groups in total. The molecule has 106 valence electrons. The van der Waals surface area contributed by atoms with E-state index in [0.717, 1.165) is 0 Å². The molecular weight excluding hydrogens is 250 g/mol. The maximum Gasteiger partial charge on any atom is 0.215 e. The topological polar surface area (TPSA) is 52.7 Å². The summed E-state index contributed by atoms with van der Waals surface area (Å²) in [5.74, 6) is 0.229. The predicted octanol–water partition coefficient (Wildman–Crippen LogP) is 0.0926. The Labute approximate surface area is 111 Å². The van der Waals surface area contributed by atoms with E-state index in [9.17, 15) is 8.42 Å². The molecule has 1 aliphatic heterocycles. The van der Waals surface area contributed by atoms with E-state index >= 15 is 0 Å². The van der Waals surface area contributed by atoms with E-state index in [4.69, 9.17) is 0 Å². The van der Waals surface area contributed by atoms with Gasteiger partial charge in [0.15, 0.2) is 0 Å². The van der Waals surface area contributed by atoms with Gasteiger partial charge in [0.25, 0.3) is 0 Å². The van der Waals surface area contributed by atoms with Crippen molar-refractivity contribution in [3.8, 4) is 0 Å². The van der Waals surface area contributed by atoms with E-state index in [1.165, 1.54) is 12.8 Å². The molecule has 5 nitrogen and oxygen atoms in total. The predicted molar refractivity (Wildman–Crippen MR) is 73.1 cm³/mol. The summed E-state index contributed by atoms with van der Waals surface area (Å²) in [7, 11) is -1.03. The molecular formula is C12H25N3O2S. The van der Waals surface area contributed by atoms with Crippen LogP contribution in [0.3, 0.4) is 0 Å². The van der Waals surface area contributed by atoms with Crippen LogP contribution in [0.1, 0.15) is 26.7 Å². The molecule has 0 spiro atoms. The van der Waals surface area contributed by atoms with Crippen molar-refractivity contribution in [2.75, 3.05) is 32.4 Å². The quantitative estimate of drug-likeness (QED) is 0.773. The maximum absolute atomic E-state index is 12.3. The van der Waals surface area contributed by atoms with Crippen molar-refractivity contribution in [1.82, 2.24) is 14.5 Å². The van der Waals surface area contributed by atoms with Crippen molar-refractivity contribution in [2.45, 2.75) is 44.8 Å². The highest BCUT2D eigenvalue weighted by molar-refractivity contribution is 7.89. The fourth-order valence-corrected chi connectivity index (χ4v) is 3.91. The number of hydrogen-bond acceptors (Lipinski definition) is 4. The molecule has 1 heterocycles. The van der Waals surface area contributed by atoms with Crippen molar-refractivity contribution in [3.63, 3.8) is 0 Å². The van der Waals surface area contributed by atoms with Crippen molar-refractivity contribution in [1.29, 1.82) is 0 Å². The molecule has 6 heteroatoms. The molecule has 0 aromatic heterocycles. The van der Waals surface area contributed by atoms with Gasteiger partial charge in [0.05, 0.1) is 5.75 Å². The molecule has 2 aliphatic rings. The lowest BCUT2D eigenvalue weighted by Gasteiger charge is -2.41. The summed E-state index contributed by atoms with van der Waals surface area (Å²) in [6, 6.07) is 1.16. The molecule has 18 heavy (non-hydrogen) atoms. The third-order valence-electron chi connectivity index (χ3n) is 4.09. The van der Waals surface area contributed by atoms with Crippen LogP contribution in [0.15, 0.2) is 0 Å². The molecule has 1 saturated heterocycles. The Bertz CT molecular complexity index is 369. The van der Waals surface area contributed by atoms with Gasteiger partial charge >= 0.3 is 0 Å². The van der Waals surface area contributed by atoms with Gasteiger partial charge in [0.1, 0.15) is 0 Å². The maximum atomic E-state index is 12.3. The molecule has 0 aromatic rings. The average Bonchev–Trinajstić information content (AvgIpc) is 3.09. The van der Waals surface area contributed by atoms with E-state index in [0.29, 0.717) is 37.8 Å². The van der Waals surface area contributed by atoms with Gasteiger partial charge < -0.3 is 5.32 Å². The van der Waals surface area contributed by atoms with Gasteiger partial charge in [0, 0.05) is 37.8 Å². The molecule has 0 radical (unpaired) electrons. The van der Waals surface area contributed by atoms with Crippen molar-refractivity contribution in [2.24, 2.45) is 0 Å². The van der Waals surface area contributed by atoms with Gasteiger partial charge in [-0.2, -0.15) is 4.31 Å². The molecule has 1 aliphatic carbocycles. The highest BCUT2D eigenvalue weighted by Gasteiger charge is 2.33. The Hall–Kier alpha value is -0.170. The summed E-state index contributed by atoms with van der Waals surface area (Å²) in [6.07, 6.45) is 2.39. The summed E-state index contributed by atoms with van der Waals surface area (Å²) in [6.45, 7) is 5.99. The first-order valence-corrected chi connectivity index (χ1v) is 8.44. The zero-order valence-electron chi connectivity index (χ0n) is 11.6. The van der Waals surface area contributed by atoms with Crippen LogP contribution >= 0.6 is 0 Å². The van der Waals surface area contributed by atoms with Crippen molar-refractivity contribution in [3.05, 3.63) is 0 Å². The van der Waals surface area contributed by atoms with Gasteiger partial charge in [-0.05, 0) is 33.7 Å². The Morgan fingerprint density at radius 1 is 1.17 bits per heavy atom. The largest absolute Gasteiger partial charge is 0.313 e. The Kier molecular flexibility index (Phi) is 4.31. The number of hydrogen-bond donors (Lipinski definition) is 1. The lowest BCUT2D eigenvalue weighted by atomic mass is 10.1. The van der Waals surface area contributed by atoms with Gasteiger partial charge in [-0.15, -0.1) is 0 Å². The standard InChI is InChI=1S/C12H25N3O2S/c1-10-8-15(9-11(2)14(10)3)18(16,17)7-6-13-12-4-5-12/h10-13H,4-9H2,1-3H3. The Morgan fingerprint density at radius 3 is 2.22 bits per heavy atom. The highest BCUT2D eigenvalue weighted by atomic mass is 32.2. The zero-order valence-corrected chi connectivity index (χ0v) is 12.4. The van der Waals surface area contributed by atoms with Crippen LogP contribution in [0.5, 0.6) is 0 Å². The lowest BCUT2D eigenvalue weighted by Crippen LogP contribution is -2.57. The number of nitrogens with zero attached hydrogens (tertiary/aromatic N) is 2. The van der Waals surface area contributed by atoms with E-state index in [2.05, 4.69) is 31.1 Å². The van der Waals surface area contributed by atoms with Crippen molar-refractivity contribution >= 4 is 10.0 Å². The third-order valence-corrected chi connectivity index (χ3v) is 5.89. The zero-order chi connectivity index (χ0) is 13.3. The SMILES string of the molecule is CC1CN(S(=O)(=O)CCNC2CC2)CC(C)N1C. The number of sulfonamides is 1. The van der Waals surface area contributed by atoms with Gasteiger partial charge in [-0.25, -0.2) is 8.42 Å². The van der Waals surface area contributed by atoms with Crippen LogP contribution in [0.2, 0.25) is 0 Å². The fourth-order valence-electron chi connectivity index (χ4n) is 2.39. The molecule has 1 saturated carbocycles. The van der Waals surface area contributed by atoms with Gasteiger partial charge in [-0.1, -0.05) is 0 Å². The molecule has 2 rings (SSSR count). The number of rotatable bonds is 5. The molecule has 2 fully saturated rings. The Balaban J connectivity index is 1.87. The monoisotopic (exact) mass is 275 g/mol. The number of likely N-dealkylation sites (N-methyl/N-ethyl adjacent to an activating group) is 1. The van der Waals surface area contributed by atoms with Crippen LogP contribution in [0, 0.1) is 0 Å². The van der Waals surface area contributed by atoms with Crippen LogP contribution in [-0.4, -0.2) is 68.2 Å². The molecule has 0 aromatic carbocycles. The molecule has 2 atom stereocenters. The minimum Gasteiger partial charge on any atom is -0.313 e. The van der Waals surface area contributed by atoms with E-state index in [1.807, 2.05) is 0 Å². The van der Waals surface area contributed by atoms with Crippen LogP contribution in [0.25, 0.3) is 0 Å². The third kappa shape index (κ3) is 3.44. The smallest absolute Gasteiger partial charge is 0.215 e. The van der Waals surface area contributed by atoms with Crippen molar-refractivity contribution < 1.29 is 8.42 Å². The molecule has 0 bridgehead atoms. The van der Waals surface area contributed by atoms with E-state index < -0.39 is 10.0 Å². The van der Waals surface area contributed by atoms with Gasteiger partial charge in [-0.3, -0.25) is 4.90 Å². The van der Waals surface area contributed by atoms with Crippen LogP contribution in [-0.2, 0) is 10.0 Å². The minimum atomic E-state index is -3.10. The lowest BCUT2D eigenvalue weighted by molar-refractivity contribution is 0.105. The minimum absolute atomic E-state index is 0.229. The summed E-state index contributed by atoms with van der Waals surface area (Å²) >= 11 is 0. The highest BCUT2D eigenvalue weighted by Crippen LogP contribution is 2.19. The second-order valence-corrected chi connectivity index (χ2v) is 7.81. The summed E-state index contributed by atoms with van der Waals surface area (Å²) in [5.41, 5.74) is 0. The molecule has 0 amide bonds. The Morgan fingerprint density at radius 2 is 1.72 bits per heavy atom. The van der Waals surface area contributed by atoms with Crippen LogP contribution < -0.4 is 5.32 Å². The second kappa shape index (κ2) is 5.45.